The second kappa shape index (κ2) is 6.05. The number of hydrogen-bond acceptors (Lipinski definition) is 3. The second-order valence-corrected chi connectivity index (χ2v) is 3.93. The van der Waals surface area contributed by atoms with Gasteiger partial charge in [-0.2, -0.15) is 8.78 Å². The molecule has 0 fully saturated rings. The molecular formula is C10H10ClF4N3O. The van der Waals surface area contributed by atoms with Gasteiger partial charge in [-0.1, -0.05) is 11.6 Å². The molecule has 0 saturated heterocycles. The van der Waals surface area contributed by atoms with E-state index in [2.05, 4.69) is 10.3 Å². The van der Waals surface area contributed by atoms with Gasteiger partial charge in [-0.05, 0) is 12.1 Å². The summed E-state index contributed by atoms with van der Waals surface area (Å²) >= 11 is 5.67. The number of carbonyl (C=O) groups excluding carboxylic acids is 1. The molecule has 0 bridgehead atoms. The number of hydrogen-bond donors (Lipinski definition) is 2. The van der Waals surface area contributed by atoms with Gasteiger partial charge in [0.05, 0.1) is 11.6 Å². The SMILES string of the molecule is CNc1ccc(Cl)c(C(=O)NCC(F)(F)C(F)F)n1. The predicted octanol–water partition coefficient (Wildman–Crippen LogP) is 2.41. The van der Waals surface area contributed by atoms with Crippen LogP contribution >= 0.6 is 11.6 Å². The standard InChI is InChI=1S/C10H10ClF4N3O/c1-16-6-3-2-5(11)7(18-6)8(19)17-4-10(14,15)9(12)13/h2-3,9H,4H2,1H3,(H,16,18)(H,17,19). The van der Waals surface area contributed by atoms with Gasteiger partial charge in [0.25, 0.3) is 5.91 Å². The molecule has 0 aliphatic rings. The van der Waals surface area contributed by atoms with E-state index in [9.17, 15) is 22.4 Å². The Kier molecular flexibility index (Phi) is 4.93. The van der Waals surface area contributed by atoms with E-state index in [1.165, 1.54) is 19.2 Å². The van der Waals surface area contributed by atoms with Crippen molar-refractivity contribution in [2.45, 2.75) is 12.3 Å². The monoisotopic (exact) mass is 299 g/mol. The first kappa shape index (κ1) is 15.5. The molecule has 1 rings (SSSR count). The average molecular weight is 300 g/mol. The van der Waals surface area contributed by atoms with E-state index < -0.39 is 24.8 Å². The van der Waals surface area contributed by atoms with Crippen molar-refractivity contribution in [3.05, 3.63) is 22.8 Å². The summed E-state index contributed by atoms with van der Waals surface area (Å²) in [6.07, 6.45) is -3.86. The lowest BCUT2D eigenvalue weighted by Gasteiger charge is -2.15. The molecule has 0 unspecified atom stereocenters. The van der Waals surface area contributed by atoms with Crippen LogP contribution in [-0.2, 0) is 0 Å². The number of nitrogens with zero attached hydrogens (tertiary/aromatic N) is 1. The van der Waals surface area contributed by atoms with Gasteiger partial charge in [-0.25, -0.2) is 13.8 Å². The highest BCUT2D eigenvalue weighted by molar-refractivity contribution is 6.33. The number of pyridine rings is 1. The first-order valence-electron chi connectivity index (χ1n) is 5.06. The smallest absolute Gasteiger partial charge is 0.324 e. The second-order valence-electron chi connectivity index (χ2n) is 3.52. The third-order valence-corrected chi connectivity index (χ3v) is 2.43. The minimum absolute atomic E-state index is 0.0723. The van der Waals surface area contributed by atoms with Crippen molar-refractivity contribution < 1.29 is 22.4 Å². The molecule has 106 valence electrons. The Morgan fingerprint density at radius 2 is 2.11 bits per heavy atom. The lowest BCUT2D eigenvalue weighted by Crippen LogP contribution is -2.41. The van der Waals surface area contributed by atoms with Crippen molar-refractivity contribution in [3.8, 4) is 0 Å². The molecule has 0 aliphatic carbocycles. The molecule has 0 aliphatic heterocycles. The van der Waals surface area contributed by atoms with E-state index in [1.54, 1.807) is 5.32 Å². The van der Waals surface area contributed by atoms with Crippen LogP contribution in [0.15, 0.2) is 12.1 Å². The lowest BCUT2D eigenvalue weighted by atomic mass is 10.3. The number of halogens is 5. The van der Waals surface area contributed by atoms with Gasteiger partial charge in [0.15, 0.2) is 0 Å². The average Bonchev–Trinajstić information content (AvgIpc) is 2.36. The molecule has 0 spiro atoms. The maximum absolute atomic E-state index is 12.6. The molecule has 1 aromatic heterocycles. The van der Waals surface area contributed by atoms with E-state index in [0.717, 1.165) is 0 Å². The Bertz CT molecular complexity index is 470. The van der Waals surface area contributed by atoms with Gasteiger partial charge in [0.1, 0.15) is 11.5 Å². The van der Waals surface area contributed by atoms with Crippen LogP contribution in [0, 0.1) is 0 Å². The largest absolute Gasteiger partial charge is 0.373 e. The Hall–Kier alpha value is -1.57. The lowest BCUT2D eigenvalue weighted by molar-refractivity contribution is -0.123. The Labute approximate surface area is 111 Å². The quantitative estimate of drug-likeness (QED) is 0.821. The minimum Gasteiger partial charge on any atom is -0.373 e. The highest BCUT2D eigenvalue weighted by atomic mass is 35.5. The van der Waals surface area contributed by atoms with Gasteiger partial charge < -0.3 is 10.6 Å². The molecule has 0 atom stereocenters. The predicted molar refractivity (Wildman–Crippen MR) is 62.1 cm³/mol. The van der Waals surface area contributed by atoms with Crippen molar-refractivity contribution in [1.82, 2.24) is 10.3 Å². The minimum atomic E-state index is -4.30. The number of carbonyl (C=O) groups is 1. The zero-order valence-electron chi connectivity index (χ0n) is 9.68. The van der Waals surface area contributed by atoms with E-state index >= 15 is 0 Å². The zero-order chi connectivity index (χ0) is 14.6. The van der Waals surface area contributed by atoms with E-state index in [4.69, 9.17) is 11.6 Å². The van der Waals surface area contributed by atoms with Crippen molar-refractivity contribution in [1.29, 1.82) is 0 Å². The van der Waals surface area contributed by atoms with Crippen molar-refractivity contribution >= 4 is 23.3 Å². The summed E-state index contributed by atoms with van der Waals surface area (Å²) in [6.45, 7) is -1.49. The molecule has 1 amide bonds. The summed E-state index contributed by atoms with van der Waals surface area (Å²) in [5.74, 6) is -5.07. The fourth-order valence-electron chi connectivity index (χ4n) is 1.10. The number of nitrogens with one attached hydrogen (secondary N) is 2. The summed E-state index contributed by atoms with van der Waals surface area (Å²) in [5.41, 5.74) is -0.321. The first-order valence-corrected chi connectivity index (χ1v) is 5.44. The summed E-state index contributed by atoms with van der Waals surface area (Å²) in [4.78, 5) is 15.3. The molecule has 0 radical (unpaired) electrons. The van der Waals surface area contributed by atoms with Gasteiger partial charge in [0.2, 0.25) is 0 Å². The Balaban J connectivity index is 2.79. The van der Waals surface area contributed by atoms with Crippen LogP contribution in [0.1, 0.15) is 10.5 Å². The molecule has 2 N–H and O–H groups in total. The molecule has 0 aromatic carbocycles. The number of aromatic nitrogens is 1. The van der Waals surface area contributed by atoms with E-state index in [-0.39, 0.29) is 16.5 Å². The maximum atomic E-state index is 12.6. The van der Waals surface area contributed by atoms with Crippen LogP contribution in [0.4, 0.5) is 23.4 Å². The molecule has 0 saturated carbocycles. The molecular weight excluding hydrogens is 290 g/mol. The number of anilines is 1. The van der Waals surface area contributed by atoms with Crippen LogP contribution in [-0.4, -0.2) is 36.8 Å². The highest BCUT2D eigenvalue weighted by Gasteiger charge is 2.41. The van der Waals surface area contributed by atoms with Gasteiger partial charge in [-0.15, -0.1) is 0 Å². The van der Waals surface area contributed by atoms with Crippen molar-refractivity contribution in [2.75, 3.05) is 18.9 Å². The summed E-state index contributed by atoms with van der Waals surface area (Å²) < 4.78 is 49.1. The summed E-state index contributed by atoms with van der Waals surface area (Å²) in [6, 6.07) is 2.80. The third kappa shape index (κ3) is 3.95. The molecule has 9 heteroatoms. The van der Waals surface area contributed by atoms with E-state index in [0.29, 0.717) is 0 Å². The number of amides is 1. The van der Waals surface area contributed by atoms with Crippen LogP contribution in [0.3, 0.4) is 0 Å². The Morgan fingerprint density at radius 1 is 1.47 bits per heavy atom. The normalized spacial score (nSPS) is 11.5. The van der Waals surface area contributed by atoms with Crippen LogP contribution < -0.4 is 10.6 Å². The molecule has 4 nitrogen and oxygen atoms in total. The Morgan fingerprint density at radius 3 is 2.63 bits per heavy atom. The van der Waals surface area contributed by atoms with Crippen LogP contribution in [0.25, 0.3) is 0 Å². The summed E-state index contributed by atoms with van der Waals surface area (Å²) in [7, 11) is 1.53. The fourth-order valence-corrected chi connectivity index (χ4v) is 1.29. The first-order chi connectivity index (χ1) is 8.77. The van der Waals surface area contributed by atoms with Crippen LogP contribution in [0.5, 0.6) is 0 Å². The highest BCUT2D eigenvalue weighted by Crippen LogP contribution is 2.22. The topological polar surface area (TPSA) is 54.0 Å². The van der Waals surface area contributed by atoms with Gasteiger partial charge in [-0.3, -0.25) is 4.79 Å². The molecule has 1 aromatic rings. The van der Waals surface area contributed by atoms with Crippen molar-refractivity contribution in [3.63, 3.8) is 0 Å². The van der Waals surface area contributed by atoms with Crippen LogP contribution in [0.2, 0.25) is 5.02 Å². The fraction of sp³-hybridized carbons (Fsp3) is 0.400. The number of alkyl halides is 4. The maximum Gasteiger partial charge on any atom is 0.324 e. The third-order valence-electron chi connectivity index (χ3n) is 2.12. The molecule has 1 heterocycles. The van der Waals surface area contributed by atoms with E-state index in [1.807, 2.05) is 0 Å². The summed E-state index contributed by atoms with van der Waals surface area (Å²) in [5, 5.41) is 4.22. The van der Waals surface area contributed by atoms with Crippen molar-refractivity contribution in [2.24, 2.45) is 0 Å². The van der Waals surface area contributed by atoms with Gasteiger partial charge >= 0.3 is 12.3 Å². The zero-order valence-corrected chi connectivity index (χ0v) is 10.4. The molecule has 19 heavy (non-hydrogen) atoms. The number of rotatable bonds is 5. The van der Waals surface area contributed by atoms with Gasteiger partial charge in [0, 0.05) is 7.05 Å².